The maximum atomic E-state index is 13.5. The Labute approximate surface area is 117 Å². The van der Waals surface area contributed by atoms with Crippen LogP contribution in [0.3, 0.4) is 0 Å². The van der Waals surface area contributed by atoms with E-state index in [4.69, 9.17) is 0 Å². The van der Waals surface area contributed by atoms with Gasteiger partial charge in [0.1, 0.15) is 12.1 Å². The van der Waals surface area contributed by atoms with Crippen LogP contribution in [0.15, 0.2) is 48.8 Å². The van der Waals surface area contributed by atoms with E-state index in [0.717, 1.165) is 28.8 Å². The molecule has 0 amide bonds. The number of benzene rings is 2. The molecule has 0 atom stereocenters. The Morgan fingerprint density at radius 3 is 2.90 bits per heavy atom. The lowest BCUT2D eigenvalue weighted by atomic mass is 10.1. The second-order valence-corrected chi connectivity index (χ2v) is 4.66. The van der Waals surface area contributed by atoms with Crippen LogP contribution in [0.1, 0.15) is 12.5 Å². The Bertz CT molecular complexity index is 733. The van der Waals surface area contributed by atoms with Crippen molar-refractivity contribution in [2.45, 2.75) is 13.5 Å². The van der Waals surface area contributed by atoms with E-state index in [-0.39, 0.29) is 5.82 Å². The van der Waals surface area contributed by atoms with Gasteiger partial charge < -0.3 is 5.32 Å². The lowest BCUT2D eigenvalue weighted by Gasteiger charge is -2.12. The predicted molar refractivity (Wildman–Crippen MR) is 78.4 cm³/mol. The highest BCUT2D eigenvalue weighted by Gasteiger charge is 2.09. The molecule has 1 aromatic heterocycles. The van der Waals surface area contributed by atoms with Gasteiger partial charge in [-0.05, 0) is 42.4 Å². The first-order valence-corrected chi connectivity index (χ1v) is 6.71. The molecular formula is C16H16FN3. The van der Waals surface area contributed by atoms with Crippen LogP contribution in [0, 0.1) is 5.82 Å². The maximum absolute atomic E-state index is 13.5. The van der Waals surface area contributed by atoms with Gasteiger partial charge in [0.25, 0.3) is 0 Å². The standard InChI is InChI=1S/C16H16FN3/c1-2-18-10-12-9-13(17)7-8-15(12)20-11-19-14-5-3-4-6-16(14)20/h3-9,11,18H,2,10H2,1H3. The number of halogens is 1. The monoisotopic (exact) mass is 269 g/mol. The minimum absolute atomic E-state index is 0.217. The average Bonchev–Trinajstić information content (AvgIpc) is 2.89. The Balaban J connectivity index is 2.13. The van der Waals surface area contributed by atoms with Gasteiger partial charge in [-0.25, -0.2) is 9.37 Å². The molecule has 0 aliphatic rings. The van der Waals surface area contributed by atoms with E-state index in [1.807, 2.05) is 35.8 Å². The molecule has 2 aromatic carbocycles. The second kappa shape index (κ2) is 5.43. The Morgan fingerprint density at radius 2 is 2.05 bits per heavy atom. The first-order valence-electron chi connectivity index (χ1n) is 6.71. The van der Waals surface area contributed by atoms with E-state index in [1.165, 1.54) is 6.07 Å². The Hall–Kier alpha value is -2.20. The molecule has 3 nitrogen and oxygen atoms in total. The molecule has 0 spiro atoms. The van der Waals surface area contributed by atoms with Gasteiger partial charge in [0, 0.05) is 6.54 Å². The third-order valence-corrected chi connectivity index (χ3v) is 3.32. The molecule has 0 aliphatic carbocycles. The predicted octanol–water partition coefficient (Wildman–Crippen LogP) is 3.27. The molecule has 0 saturated heterocycles. The molecule has 0 fully saturated rings. The number of aromatic nitrogens is 2. The molecule has 4 heteroatoms. The van der Waals surface area contributed by atoms with Gasteiger partial charge >= 0.3 is 0 Å². The van der Waals surface area contributed by atoms with Crippen LogP contribution in [-0.2, 0) is 6.54 Å². The number of hydrogen-bond acceptors (Lipinski definition) is 2. The van der Waals surface area contributed by atoms with E-state index in [9.17, 15) is 4.39 Å². The van der Waals surface area contributed by atoms with E-state index >= 15 is 0 Å². The van der Waals surface area contributed by atoms with Gasteiger partial charge in [0.05, 0.1) is 16.7 Å². The van der Waals surface area contributed by atoms with Gasteiger partial charge in [0.2, 0.25) is 0 Å². The van der Waals surface area contributed by atoms with Crippen molar-refractivity contribution >= 4 is 11.0 Å². The lowest BCUT2D eigenvalue weighted by Crippen LogP contribution is -2.14. The summed E-state index contributed by atoms with van der Waals surface area (Å²) in [7, 11) is 0. The van der Waals surface area contributed by atoms with Crippen molar-refractivity contribution in [2.24, 2.45) is 0 Å². The summed E-state index contributed by atoms with van der Waals surface area (Å²) in [5.74, 6) is -0.217. The minimum Gasteiger partial charge on any atom is -0.313 e. The summed E-state index contributed by atoms with van der Waals surface area (Å²) in [6, 6.07) is 12.8. The van der Waals surface area contributed by atoms with Crippen molar-refractivity contribution in [3.63, 3.8) is 0 Å². The minimum atomic E-state index is -0.217. The zero-order valence-corrected chi connectivity index (χ0v) is 11.3. The van der Waals surface area contributed by atoms with Crippen molar-refractivity contribution in [1.82, 2.24) is 14.9 Å². The number of imidazole rings is 1. The third kappa shape index (κ3) is 2.30. The molecule has 102 valence electrons. The van der Waals surface area contributed by atoms with Gasteiger partial charge in [-0.3, -0.25) is 4.57 Å². The molecule has 0 saturated carbocycles. The SMILES string of the molecule is CCNCc1cc(F)ccc1-n1cnc2ccccc21. The number of para-hydroxylation sites is 2. The molecule has 0 radical (unpaired) electrons. The number of hydrogen-bond donors (Lipinski definition) is 1. The highest BCUT2D eigenvalue weighted by atomic mass is 19.1. The van der Waals surface area contributed by atoms with E-state index in [0.29, 0.717) is 6.54 Å². The lowest BCUT2D eigenvalue weighted by molar-refractivity contribution is 0.621. The summed E-state index contributed by atoms with van der Waals surface area (Å²) >= 11 is 0. The first-order chi connectivity index (χ1) is 9.79. The first kappa shape index (κ1) is 12.8. The van der Waals surface area contributed by atoms with Crippen LogP contribution in [-0.4, -0.2) is 16.1 Å². The van der Waals surface area contributed by atoms with E-state index < -0.39 is 0 Å². The fraction of sp³-hybridized carbons (Fsp3) is 0.188. The molecule has 1 heterocycles. The molecule has 0 aliphatic heterocycles. The summed E-state index contributed by atoms with van der Waals surface area (Å²) in [6.07, 6.45) is 1.79. The summed E-state index contributed by atoms with van der Waals surface area (Å²) in [6.45, 7) is 3.52. The molecular weight excluding hydrogens is 253 g/mol. The second-order valence-electron chi connectivity index (χ2n) is 4.66. The normalized spacial score (nSPS) is 11.1. The maximum Gasteiger partial charge on any atom is 0.123 e. The zero-order valence-electron chi connectivity index (χ0n) is 11.3. The van der Waals surface area contributed by atoms with Crippen molar-refractivity contribution in [2.75, 3.05) is 6.54 Å². The number of nitrogens with one attached hydrogen (secondary N) is 1. The Morgan fingerprint density at radius 1 is 1.20 bits per heavy atom. The highest BCUT2D eigenvalue weighted by Crippen LogP contribution is 2.21. The Kier molecular flexibility index (Phi) is 3.48. The molecule has 20 heavy (non-hydrogen) atoms. The van der Waals surface area contributed by atoms with Crippen LogP contribution in [0.2, 0.25) is 0 Å². The van der Waals surface area contributed by atoms with E-state index in [2.05, 4.69) is 10.3 Å². The molecule has 3 aromatic rings. The fourth-order valence-electron chi connectivity index (χ4n) is 2.34. The van der Waals surface area contributed by atoms with Crippen molar-refractivity contribution in [3.8, 4) is 5.69 Å². The number of nitrogens with zero attached hydrogens (tertiary/aromatic N) is 2. The van der Waals surface area contributed by atoms with Gasteiger partial charge in [0.15, 0.2) is 0 Å². The molecule has 0 bridgehead atoms. The molecule has 1 N–H and O–H groups in total. The molecule has 0 unspecified atom stereocenters. The van der Waals surface area contributed by atoms with Crippen LogP contribution < -0.4 is 5.32 Å². The largest absolute Gasteiger partial charge is 0.313 e. The van der Waals surface area contributed by atoms with Crippen molar-refractivity contribution < 1.29 is 4.39 Å². The van der Waals surface area contributed by atoms with Gasteiger partial charge in [-0.1, -0.05) is 19.1 Å². The third-order valence-electron chi connectivity index (χ3n) is 3.32. The zero-order chi connectivity index (χ0) is 13.9. The highest BCUT2D eigenvalue weighted by molar-refractivity contribution is 5.77. The van der Waals surface area contributed by atoms with Gasteiger partial charge in [-0.15, -0.1) is 0 Å². The van der Waals surface area contributed by atoms with E-state index in [1.54, 1.807) is 18.5 Å². The topological polar surface area (TPSA) is 29.9 Å². The van der Waals surface area contributed by atoms with Crippen LogP contribution in [0.25, 0.3) is 16.7 Å². The van der Waals surface area contributed by atoms with Crippen LogP contribution >= 0.6 is 0 Å². The summed E-state index contributed by atoms with van der Waals surface area (Å²) in [4.78, 5) is 4.39. The smallest absolute Gasteiger partial charge is 0.123 e. The summed E-state index contributed by atoms with van der Waals surface area (Å²) < 4.78 is 15.5. The summed E-state index contributed by atoms with van der Waals surface area (Å²) in [5, 5.41) is 3.24. The van der Waals surface area contributed by atoms with Crippen LogP contribution in [0.4, 0.5) is 4.39 Å². The van der Waals surface area contributed by atoms with Crippen molar-refractivity contribution in [1.29, 1.82) is 0 Å². The number of fused-ring (bicyclic) bond motifs is 1. The summed E-state index contributed by atoms with van der Waals surface area (Å²) in [5.41, 5.74) is 3.85. The van der Waals surface area contributed by atoms with Gasteiger partial charge in [-0.2, -0.15) is 0 Å². The van der Waals surface area contributed by atoms with Crippen LogP contribution in [0.5, 0.6) is 0 Å². The fourth-order valence-corrected chi connectivity index (χ4v) is 2.34. The number of rotatable bonds is 4. The molecule has 3 rings (SSSR count). The average molecular weight is 269 g/mol. The van der Waals surface area contributed by atoms with Crippen molar-refractivity contribution in [3.05, 3.63) is 60.2 Å². The quantitative estimate of drug-likeness (QED) is 0.787.